The Hall–Kier alpha value is -0.420. The first kappa shape index (κ1) is 9.67. The number of hydrogen-bond donors (Lipinski definition) is 0. The van der Waals surface area contributed by atoms with Crippen molar-refractivity contribution in [3.63, 3.8) is 0 Å². The number of pyridine rings is 1. The number of methoxy groups -OCH3 is 1. The number of rotatable bonds is 1. The molecule has 1 heterocycles. The van der Waals surface area contributed by atoms with Gasteiger partial charge in [-0.15, -0.1) is 0 Å². The summed E-state index contributed by atoms with van der Waals surface area (Å²) >= 11 is 6.49. The van der Waals surface area contributed by atoms with Gasteiger partial charge in [-0.1, -0.05) is 0 Å². The monoisotopic (exact) mass is 293 g/mol. The lowest BCUT2D eigenvalue weighted by atomic mass is 10.4. The molecule has 1 aromatic heterocycles. The summed E-state index contributed by atoms with van der Waals surface area (Å²) in [5.74, 6) is -0.441. The standard InChI is InChI=1S/C7H5Br2NO2/c1-12-7(11)6-2-4(8)5(9)3-10-6/h2-3H,1H3. The van der Waals surface area contributed by atoms with Crippen LogP contribution >= 0.6 is 31.9 Å². The van der Waals surface area contributed by atoms with Crippen molar-refractivity contribution in [3.8, 4) is 0 Å². The van der Waals surface area contributed by atoms with E-state index in [1.54, 1.807) is 6.07 Å². The van der Waals surface area contributed by atoms with E-state index in [0.29, 0.717) is 0 Å². The molecule has 12 heavy (non-hydrogen) atoms. The van der Waals surface area contributed by atoms with E-state index in [0.717, 1.165) is 8.95 Å². The number of aromatic nitrogens is 1. The minimum atomic E-state index is -0.441. The molecule has 0 N–H and O–H groups in total. The van der Waals surface area contributed by atoms with Crippen molar-refractivity contribution in [2.45, 2.75) is 0 Å². The molecule has 0 amide bonds. The molecule has 0 radical (unpaired) electrons. The molecule has 0 aliphatic heterocycles. The smallest absolute Gasteiger partial charge is 0.356 e. The summed E-state index contributed by atoms with van der Waals surface area (Å²) in [6.45, 7) is 0. The first-order chi connectivity index (χ1) is 5.65. The SMILES string of the molecule is COC(=O)c1cc(Br)c(Br)cn1. The van der Waals surface area contributed by atoms with Gasteiger partial charge < -0.3 is 4.74 Å². The van der Waals surface area contributed by atoms with Crippen LogP contribution in [0.1, 0.15) is 10.5 Å². The summed E-state index contributed by atoms with van der Waals surface area (Å²) in [6.07, 6.45) is 1.54. The van der Waals surface area contributed by atoms with Crippen molar-refractivity contribution in [2.24, 2.45) is 0 Å². The Kier molecular flexibility index (Phi) is 3.22. The zero-order chi connectivity index (χ0) is 9.14. The number of hydrogen-bond acceptors (Lipinski definition) is 3. The predicted molar refractivity (Wildman–Crippen MR) is 51.0 cm³/mol. The summed E-state index contributed by atoms with van der Waals surface area (Å²) < 4.78 is 6.07. The lowest BCUT2D eigenvalue weighted by molar-refractivity contribution is 0.0594. The summed E-state index contributed by atoms with van der Waals surface area (Å²) in [7, 11) is 1.32. The van der Waals surface area contributed by atoms with Crippen LogP contribution < -0.4 is 0 Å². The van der Waals surface area contributed by atoms with Gasteiger partial charge in [-0.3, -0.25) is 0 Å². The number of ether oxygens (including phenoxy) is 1. The van der Waals surface area contributed by atoms with Gasteiger partial charge >= 0.3 is 5.97 Å². The molecule has 0 bridgehead atoms. The third kappa shape index (κ3) is 2.04. The van der Waals surface area contributed by atoms with E-state index in [2.05, 4.69) is 41.6 Å². The van der Waals surface area contributed by atoms with Crippen LogP contribution in [0.3, 0.4) is 0 Å². The van der Waals surface area contributed by atoms with Gasteiger partial charge in [0.25, 0.3) is 0 Å². The van der Waals surface area contributed by atoms with Crippen molar-refractivity contribution in [3.05, 3.63) is 26.9 Å². The van der Waals surface area contributed by atoms with Crippen LogP contribution in [0.4, 0.5) is 0 Å². The van der Waals surface area contributed by atoms with Crippen molar-refractivity contribution in [1.29, 1.82) is 0 Å². The Morgan fingerprint density at radius 1 is 1.50 bits per heavy atom. The highest BCUT2D eigenvalue weighted by Crippen LogP contribution is 2.22. The highest BCUT2D eigenvalue weighted by atomic mass is 79.9. The zero-order valence-electron chi connectivity index (χ0n) is 6.17. The maximum Gasteiger partial charge on any atom is 0.356 e. The molecule has 0 fully saturated rings. The molecule has 0 spiro atoms. The van der Waals surface area contributed by atoms with Gasteiger partial charge in [-0.25, -0.2) is 9.78 Å². The second kappa shape index (κ2) is 4.00. The molecule has 0 aliphatic rings. The van der Waals surface area contributed by atoms with Crippen LogP contribution in [-0.2, 0) is 4.74 Å². The summed E-state index contributed by atoms with van der Waals surface area (Å²) in [6, 6.07) is 1.59. The number of halogens is 2. The van der Waals surface area contributed by atoms with Gasteiger partial charge in [0.05, 0.1) is 11.6 Å². The Balaban J connectivity index is 3.05. The van der Waals surface area contributed by atoms with Crippen molar-refractivity contribution >= 4 is 37.8 Å². The maximum atomic E-state index is 11.0. The first-order valence-electron chi connectivity index (χ1n) is 3.04. The molecule has 5 heteroatoms. The van der Waals surface area contributed by atoms with Crippen molar-refractivity contribution < 1.29 is 9.53 Å². The maximum absolute atomic E-state index is 11.0. The first-order valence-corrected chi connectivity index (χ1v) is 4.63. The van der Waals surface area contributed by atoms with Crippen molar-refractivity contribution in [2.75, 3.05) is 7.11 Å². The van der Waals surface area contributed by atoms with E-state index < -0.39 is 5.97 Å². The van der Waals surface area contributed by atoms with E-state index >= 15 is 0 Å². The lowest BCUT2D eigenvalue weighted by Crippen LogP contribution is -2.03. The van der Waals surface area contributed by atoms with Crippen LogP contribution in [0, 0.1) is 0 Å². The molecule has 1 rings (SSSR count). The summed E-state index contributed by atoms with van der Waals surface area (Å²) in [4.78, 5) is 14.8. The van der Waals surface area contributed by atoms with Crippen LogP contribution in [0.25, 0.3) is 0 Å². The molecule has 0 saturated carbocycles. The summed E-state index contributed by atoms with van der Waals surface area (Å²) in [5.41, 5.74) is 0.285. The van der Waals surface area contributed by atoms with Gasteiger partial charge in [-0.2, -0.15) is 0 Å². The van der Waals surface area contributed by atoms with Crippen molar-refractivity contribution in [1.82, 2.24) is 4.98 Å². The minimum Gasteiger partial charge on any atom is -0.464 e. The van der Waals surface area contributed by atoms with E-state index in [-0.39, 0.29) is 5.69 Å². The van der Waals surface area contributed by atoms with Gasteiger partial charge in [-0.05, 0) is 37.9 Å². The van der Waals surface area contributed by atoms with Crippen LogP contribution in [0.5, 0.6) is 0 Å². The molecular formula is C7H5Br2NO2. The largest absolute Gasteiger partial charge is 0.464 e. The average molecular weight is 295 g/mol. The molecule has 0 aliphatic carbocycles. The zero-order valence-corrected chi connectivity index (χ0v) is 9.35. The Morgan fingerprint density at radius 3 is 2.67 bits per heavy atom. The topological polar surface area (TPSA) is 39.2 Å². The Morgan fingerprint density at radius 2 is 2.17 bits per heavy atom. The number of carbonyl (C=O) groups is 1. The quantitative estimate of drug-likeness (QED) is 0.747. The minimum absolute atomic E-state index is 0.285. The van der Waals surface area contributed by atoms with E-state index in [4.69, 9.17) is 0 Å². The molecule has 0 unspecified atom stereocenters. The van der Waals surface area contributed by atoms with Gasteiger partial charge in [0.1, 0.15) is 5.69 Å². The van der Waals surface area contributed by atoms with Gasteiger partial charge in [0.2, 0.25) is 0 Å². The molecule has 0 atom stereocenters. The highest BCUT2D eigenvalue weighted by molar-refractivity contribution is 9.13. The number of esters is 1. The fourth-order valence-electron chi connectivity index (χ4n) is 0.630. The van der Waals surface area contributed by atoms with Crippen LogP contribution in [0.2, 0.25) is 0 Å². The Labute approximate surface area is 86.4 Å². The second-order valence-corrected chi connectivity index (χ2v) is 3.68. The van der Waals surface area contributed by atoms with Crippen LogP contribution in [-0.4, -0.2) is 18.1 Å². The molecule has 64 valence electrons. The van der Waals surface area contributed by atoms with E-state index in [9.17, 15) is 4.79 Å². The fraction of sp³-hybridized carbons (Fsp3) is 0.143. The molecule has 0 saturated heterocycles. The number of carbonyl (C=O) groups excluding carboxylic acids is 1. The van der Waals surface area contributed by atoms with Gasteiger partial charge in [0.15, 0.2) is 0 Å². The third-order valence-corrected chi connectivity index (χ3v) is 3.02. The van der Waals surface area contributed by atoms with Crippen LogP contribution in [0.15, 0.2) is 21.2 Å². The molecule has 3 nitrogen and oxygen atoms in total. The summed E-state index contributed by atoms with van der Waals surface area (Å²) in [5, 5.41) is 0. The number of nitrogens with zero attached hydrogens (tertiary/aromatic N) is 1. The van der Waals surface area contributed by atoms with Gasteiger partial charge in [0, 0.05) is 10.7 Å². The normalized spacial score (nSPS) is 9.58. The van der Waals surface area contributed by atoms with E-state index in [1.165, 1.54) is 13.3 Å². The molecule has 0 aromatic carbocycles. The fourth-order valence-corrected chi connectivity index (χ4v) is 1.17. The predicted octanol–water partition coefficient (Wildman–Crippen LogP) is 2.39. The second-order valence-electron chi connectivity index (χ2n) is 1.98. The lowest BCUT2D eigenvalue weighted by Gasteiger charge is -1.99. The molecule has 1 aromatic rings. The average Bonchev–Trinajstić information content (AvgIpc) is 2.08. The van der Waals surface area contributed by atoms with E-state index in [1.807, 2.05) is 0 Å². The molecular weight excluding hydrogens is 290 g/mol. The third-order valence-electron chi connectivity index (χ3n) is 1.20. The highest BCUT2D eigenvalue weighted by Gasteiger charge is 2.08. The Bertz CT molecular complexity index is 314.